The predicted octanol–water partition coefficient (Wildman–Crippen LogP) is 5.50. The molecule has 0 fully saturated rings. The zero-order chi connectivity index (χ0) is 25.2. The summed E-state index contributed by atoms with van der Waals surface area (Å²) < 4.78 is 5.82. The lowest BCUT2D eigenvalue weighted by atomic mass is 10.0. The van der Waals surface area contributed by atoms with Crippen LogP contribution >= 0.6 is 11.6 Å². The fourth-order valence-corrected chi connectivity index (χ4v) is 3.86. The van der Waals surface area contributed by atoms with Crippen LogP contribution in [0.5, 0.6) is 5.75 Å². The molecule has 0 radical (unpaired) electrons. The number of hydrogen-bond donors (Lipinski definition) is 1. The van der Waals surface area contributed by atoms with Crippen molar-refractivity contribution in [2.45, 2.75) is 46.2 Å². The molecule has 0 saturated carbocycles. The summed E-state index contributed by atoms with van der Waals surface area (Å²) in [6.45, 7) is 6.58. The molecule has 3 aromatic rings. The van der Waals surface area contributed by atoms with Crippen molar-refractivity contribution >= 4 is 23.4 Å². The smallest absolute Gasteiger partial charge is 0.261 e. The molecule has 0 aliphatic rings. The van der Waals surface area contributed by atoms with Gasteiger partial charge >= 0.3 is 0 Å². The fourth-order valence-electron chi connectivity index (χ4n) is 3.75. The predicted molar refractivity (Wildman–Crippen MR) is 141 cm³/mol. The first-order valence-corrected chi connectivity index (χ1v) is 12.3. The van der Waals surface area contributed by atoms with Crippen LogP contribution in [0.3, 0.4) is 0 Å². The number of rotatable bonds is 11. The van der Waals surface area contributed by atoms with Gasteiger partial charge in [-0.1, -0.05) is 78.7 Å². The standard InChI is InChI=1S/C29H33ClN2O3/c1-4-16-31-29(34)27(18-23-8-6-5-7-9-23)32(19-24-12-10-21(2)11-13-24)28(33)20-35-25-14-15-26(30)22(3)17-25/h5-15,17,27H,4,16,18-20H2,1-3H3,(H,31,34)/t27-/m1/s1. The van der Waals surface area contributed by atoms with Crippen LogP contribution in [0.1, 0.15) is 35.6 Å². The number of carbonyl (C=O) groups excluding carboxylic acids is 2. The van der Waals surface area contributed by atoms with Gasteiger partial charge in [-0.2, -0.15) is 0 Å². The molecule has 0 aromatic heterocycles. The molecule has 1 atom stereocenters. The lowest BCUT2D eigenvalue weighted by Crippen LogP contribution is -2.51. The van der Waals surface area contributed by atoms with Crippen LogP contribution in [0.2, 0.25) is 5.02 Å². The van der Waals surface area contributed by atoms with E-state index < -0.39 is 6.04 Å². The number of aryl methyl sites for hydroxylation is 2. The number of benzene rings is 3. The number of carbonyl (C=O) groups is 2. The molecule has 0 aliphatic heterocycles. The van der Waals surface area contributed by atoms with Crippen molar-refractivity contribution in [1.29, 1.82) is 0 Å². The van der Waals surface area contributed by atoms with E-state index in [2.05, 4.69) is 5.32 Å². The average molecular weight is 493 g/mol. The second-order valence-electron chi connectivity index (χ2n) is 8.70. The van der Waals surface area contributed by atoms with Gasteiger partial charge < -0.3 is 15.0 Å². The third-order valence-corrected chi connectivity index (χ3v) is 6.21. The van der Waals surface area contributed by atoms with Crippen molar-refractivity contribution in [2.24, 2.45) is 0 Å². The molecule has 0 spiro atoms. The van der Waals surface area contributed by atoms with Crippen LogP contribution in [0, 0.1) is 13.8 Å². The van der Waals surface area contributed by atoms with E-state index in [0.29, 0.717) is 30.3 Å². The van der Waals surface area contributed by atoms with E-state index in [1.165, 1.54) is 0 Å². The minimum absolute atomic E-state index is 0.168. The van der Waals surface area contributed by atoms with Crippen LogP contribution in [0.15, 0.2) is 72.8 Å². The Hall–Kier alpha value is -3.31. The van der Waals surface area contributed by atoms with Crippen molar-refractivity contribution in [2.75, 3.05) is 13.2 Å². The third kappa shape index (κ3) is 7.86. The first-order valence-electron chi connectivity index (χ1n) is 11.9. The highest BCUT2D eigenvalue weighted by Gasteiger charge is 2.30. The van der Waals surface area contributed by atoms with Gasteiger partial charge in [0.2, 0.25) is 5.91 Å². The summed E-state index contributed by atoms with van der Waals surface area (Å²) in [6.07, 6.45) is 1.22. The summed E-state index contributed by atoms with van der Waals surface area (Å²) in [7, 11) is 0. The van der Waals surface area contributed by atoms with Crippen molar-refractivity contribution < 1.29 is 14.3 Å². The monoisotopic (exact) mass is 492 g/mol. The summed E-state index contributed by atoms with van der Waals surface area (Å²) in [6, 6.07) is 22.4. The van der Waals surface area contributed by atoms with Gasteiger partial charge in [-0.15, -0.1) is 0 Å². The van der Waals surface area contributed by atoms with Gasteiger partial charge in [0.05, 0.1) is 0 Å². The van der Waals surface area contributed by atoms with E-state index in [-0.39, 0.29) is 18.4 Å². The molecule has 5 nitrogen and oxygen atoms in total. The SMILES string of the molecule is CCCNC(=O)[C@@H](Cc1ccccc1)N(Cc1ccc(C)cc1)C(=O)COc1ccc(Cl)c(C)c1. The summed E-state index contributed by atoms with van der Waals surface area (Å²) in [5, 5.41) is 3.62. The Morgan fingerprint density at radius 3 is 2.34 bits per heavy atom. The summed E-state index contributed by atoms with van der Waals surface area (Å²) in [5.74, 6) is 0.134. The van der Waals surface area contributed by atoms with E-state index in [1.54, 1.807) is 23.1 Å². The Morgan fingerprint density at radius 1 is 0.971 bits per heavy atom. The van der Waals surface area contributed by atoms with Gasteiger partial charge in [-0.3, -0.25) is 9.59 Å². The van der Waals surface area contributed by atoms with Gasteiger partial charge in [-0.05, 0) is 55.2 Å². The first-order chi connectivity index (χ1) is 16.9. The maximum atomic E-state index is 13.5. The van der Waals surface area contributed by atoms with Crippen LogP contribution < -0.4 is 10.1 Å². The second-order valence-corrected chi connectivity index (χ2v) is 9.11. The van der Waals surface area contributed by atoms with E-state index >= 15 is 0 Å². The first kappa shape index (κ1) is 26.3. The number of amides is 2. The lowest BCUT2D eigenvalue weighted by Gasteiger charge is -2.31. The molecule has 1 N–H and O–H groups in total. The van der Waals surface area contributed by atoms with Crippen molar-refractivity contribution in [1.82, 2.24) is 10.2 Å². The van der Waals surface area contributed by atoms with E-state index in [1.807, 2.05) is 75.4 Å². The average Bonchev–Trinajstić information content (AvgIpc) is 2.87. The Morgan fingerprint density at radius 2 is 1.69 bits per heavy atom. The third-order valence-electron chi connectivity index (χ3n) is 5.79. The number of hydrogen-bond acceptors (Lipinski definition) is 3. The van der Waals surface area contributed by atoms with Gasteiger partial charge in [0, 0.05) is 24.5 Å². The number of nitrogens with one attached hydrogen (secondary N) is 1. The second kappa shape index (κ2) is 13.0. The summed E-state index contributed by atoms with van der Waals surface area (Å²) in [4.78, 5) is 28.5. The molecule has 0 bridgehead atoms. The molecule has 184 valence electrons. The minimum Gasteiger partial charge on any atom is -0.484 e. The molecule has 35 heavy (non-hydrogen) atoms. The minimum atomic E-state index is -0.673. The highest BCUT2D eigenvalue weighted by molar-refractivity contribution is 6.31. The molecule has 2 amide bonds. The molecular formula is C29H33ClN2O3. The van der Waals surface area contributed by atoms with Crippen LogP contribution in [-0.2, 0) is 22.6 Å². The van der Waals surface area contributed by atoms with E-state index in [9.17, 15) is 9.59 Å². The molecular weight excluding hydrogens is 460 g/mol. The Kier molecular flexibility index (Phi) is 9.74. The van der Waals surface area contributed by atoms with E-state index in [4.69, 9.17) is 16.3 Å². The number of ether oxygens (including phenoxy) is 1. The van der Waals surface area contributed by atoms with Crippen LogP contribution in [-0.4, -0.2) is 35.9 Å². The van der Waals surface area contributed by atoms with Gasteiger partial charge in [0.25, 0.3) is 5.91 Å². The molecule has 3 rings (SSSR count). The maximum absolute atomic E-state index is 13.5. The van der Waals surface area contributed by atoms with Crippen molar-refractivity contribution in [3.63, 3.8) is 0 Å². The van der Waals surface area contributed by atoms with Crippen LogP contribution in [0.4, 0.5) is 0 Å². The molecule has 0 heterocycles. The summed E-state index contributed by atoms with van der Waals surface area (Å²) in [5.41, 5.74) is 3.94. The highest BCUT2D eigenvalue weighted by atomic mass is 35.5. The zero-order valence-electron chi connectivity index (χ0n) is 20.6. The van der Waals surface area contributed by atoms with Crippen LogP contribution in [0.25, 0.3) is 0 Å². The number of halogens is 1. The lowest BCUT2D eigenvalue weighted by molar-refractivity contribution is -0.142. The fraction of sp³-hybridized carbons (Fsp3) is 0.310. The van der Waals surface area contributed by atoms with Gasteiger partial charge in [0.15, 0.2) is 6.61 Å². The normalized spacial score (nSPS) is 11.5. The summed E-state index contributed by atoms with van der Waals surface area (Å²) >= 11 is 6.12. The molecule has 0 aliphatic carbocycles. The van der Waals surface area contributed by atoms with Gasteiger partial charge in [-0.25, -0.2) is 0 Å². The quantitative estimate of drug-likeness (QED) is 0.384. The van der Waals surface area contributed by atoms with Gasteiger partial charge in [0.1, 0.15) is 11.8 Å². The Balaban J connectivity index is 1.88. The highest BCUT2D eigenvalue weighted by Crippen LogP contribution is 2.22. The molecule has 0 unspecified atom stereocenters. The Labute approximate surface area is 213 Å². The maximum Gasteiger partial charge on any atom is 0.261 e. The molecule has 6 heteroatoms. The van der Waals surface area contributed by atoms with Crippen molar-refractivity contribution in [3.05, 3.63) is 100 Å². The number of nitrogens with zero attached hydrogens (tertiary/aromatic N) is 1. The molecule has 0 saturated heterocycles. The molecule has 3 aromatic carbocycles. The van der Waals surface area contributed by atoms with Crippen molar-refractivity contribution in [3.8, 4) is 5.75 Å². The van der Waals surface area contributed by atoms with E-state index in [0.717, 1.165) is 28.7 Å². The topological polar surface area (TPSA) is 58.6 Å². The zero-order valence-corrected chi connectivity index (χ0v) is 21.3. The Bertz CT molecular complexity index is 1120. The largest absolute Gasteiger partial charge is 0.484 e.